The van der Waals surface area contributed by atoms with Crippen molar-refractivity contribution in [2.24, 2.45) is 12.0 Å². The summed E-state index contributed by atoms with van der Waals surface area (Å²) >= 11 is 1.23. The number of hydrogen-bond acceptors (Lipinski definition) is 4. The van der Waals surface area contributed by atoms with Gasteiger partial charge in [0.25, 0.3) is 5.91 Å². The van der Waals surface area contributed by atoms with E-state index in [0.717, 1.165) is 0 Å². The monoisotopic (exact) mass is 408 g/mol. The number of halogens is 1. The van der Waals surface area contributed by atoms with E-state index in [1.165, 1.54) is 41.3 Å². The molecule has 27 heavy (non-hydrogen) atoms. The molecule has 0 saturated heterocycles. The lowest BCUT2D eigenvalue weighted by Gasteiger charge is -2.04. The van der Waals surface area contributed by atoms with Crippen LogP contribution in [0, 0.1) is 5.82 Å². The van der Waals surface area contributed by atoms with Gasteiger partial charge in [-0.25, -0.2) is 17.5 Å². The zero-order valence-electron chi connectivity index (χ0n) is 14.6. The molecule has 0 bridgehead atoms. The lowest BCUT2D eigenvalue weighted by Crippen LogP contribution is -2.18. The van der Waals surface area contributed by atoms with Gasteiger partial charge in [0, 0.05) is 30.4 Å². The number of nitrogens with zero attached hydrogens (tertiary/aromatic N) is 3. The van der Waals surface area contributed by atoms with Crippen LogP contribution < -0.4 is 9.52 Å². The summed E-state index contributed by atoms with van der Waals surface area (Å²) in [6, 6.07) is 7.65. The van der Waals surface area contributed by atoms with Crippen molar-refractivity contribution < 1.29 is 17.6 Å². The molecule has 0 saturated carbocycles. The Bertz CT molecular complexity index is 1160. The van der Waals surface area contributed by atoms with Crippen molar-refractivity contribution >= 4 is 27.3 Å². The zero-order chi connectivity index (χ0) is 19.6. The van der Waals surface area contributed by atoms with Crippen LogP contribution in [0.25, 0.3) is 0 Å². The lowest BCUT2D eigenvalue weighted by molar-refractivity contribution is 0.0990. The molecular weight excluding hydrogens is 391 g/mol. The average molecular weight is 408 g/mol. The number of carbonyl (C=O) groups excluding carboxylic acids is 1. The Balaban J connectivity index is 1.94. The fraction of sp³-hybridized carbons (Fsp3) is 0.176. The summed E-state index contributed by atoms with van der Waals surface area (Å²) in [5.74, 6) is -0.919. The van der Waals surface area contributed by atoms with Crippen molar-refractivity contribution in [1.82, 2.24) is 13.9 Å². The standard InChI is InChI=1S/C17H17FN4O3S2/c1-19-27(24,25)13-9-15(21(2)11-13)16(23)20-17-22(7-8-26-17)10-12-5-3-4-6-14(12)18/h3-9,11,19H,10H2,1-2H3. The first-order valence-electron chi connectivity index (χ1n) is 7.88. The fourth-order valence-electron chi connectivity index (χ4n) is 2.47. The van der Waals surface area contributed by atoms with E-state index in [0.29, 0.717) is 10.4 Å². The molecule has 2 heterocycles. The summed E-state index contributed by atoms with van der Waals surface area (Å²) in [5, 5.41) is 1.74. The SMILES string of the molecule is CNS(=O)(=O)c1cc(C(=O)N=c2sccn2Cc2ccccc2F)n(C)c1. The quantitative estimate of drug-likeness (QED) is 0.698. The average Bonchev–Trinajstić information content (AvgIpc) is 3.24. The topological polar surface area (TPSA) is 85.5 Å². The van der Waals surface area contributed by atoms with Gasteiger partial charge in [0.2, 0.25) is 10.0 Å². The number of nitrogens with one attached hydrogen (secondary N) is 1. The molecule has 7 nitrogen and oxygen atoms in total. The number of amides is 1. The Hall–Kier alpha value is -2.56. The van der Waals surface area contributed by atoms with Gasteiger partial charge >= 0.3 is 0 Å². The number of carbonyl (C=O) groups is 1. The Morgan fingerprint density at radius 1 is 1.33 bits per heavy atom. The lowest BCUT2D eigenvalue weighted by atomic mass is 10.2. The second-order valence-corrected chi connectivity index (χ2v) is 8.46. The van der Waals surface area contributed by atoms with E-state index in [2.05, 4.69) is 9.71 Å². The first kappa shape index (κ1) is 19.2. The first-order valence-corrected chi connectivity index (χ1v) is 10.2. The second-order valence-electron chi connectivity index (χ2n) is 5.70. The summed E-state index contributed by atoms with van der Waals surface area (Å²) in [7, 11) is -0.792. The minimum absolute atomic E-state index is 0.0172. The van der Waals surface area contributed by atoms with Crippen molar-refractivity contribution in [3.05, 3.63) is 70.0 Å². The molecule has 2 aromatic heterocycles. The maximum absolute atomic E-state index is 13.9. The van der Waals surface area contributed by atoms with Crippen molar-refractivity contribution in [2.75, 3.05) is 7.05 Å². The highest BCUT2D eigenvalue weighted by Gasteiger charge is 2.19. The molecule has 0 aliphatic heterocycles. The van der Waals surface area contributed by atoms with E-state index >= 15 is 0 Å². The number of hydrogen-bond donors (Lipinski definition) is 1. The Kier molecular flexibility index (Phi) is 5.40. The van der Waals surface area contributed by atoms with Crippen molar-refractivity contribution in [2.45, 2.75) is 11.4 Å². The molecule has 3 rings (SSSR count). The molecule has 0 radical (unpaired) electrons. The Morgan fingerprint density at radius 2 is 2.07 bits per heavy atom. The molecule has 142 valence electrons. The van der Waals surface area contributed by atoms with Gasteiger partial charge in [-0.2, -0.15) is 4.99 Å². The Morgan fingerprint density at radius 3 is 2.78 bits per heavy atom. The van der Waals surface area contributed by atoms with Crippen molar-refractivity contribution in [1.29, 1.82) is 0 Å². The van der Waals surface area contributed by atoms with E-state index in [-0.39, 0.29) is 23.0 Å². The molecule has 0 atom stereocenters. The van der Waals surface area contributed by atoms with Crippen molar-refractivity contribution in [3.8, 4) is 0 Å². The van der Waals surface area contributed by atoms with Gasteiger partial charge < -0.3 is 9.13 Å². The molecule has 0 fully saturated rings. The molecule has 0 unspecified atom stereocenters. The van der Waals surface area contributed by atoms with Crippen molar-refractivity contribution in [3.63, 3.8) is 0 Å². The summed E-state index contributed by atoms with van der Waals surface area (Å²) in [6.07, 6.45) is 3.06. The first-order chi connectivity index (χ1) is 12.8. The van der Waals surface area contributed by atoms with Gasteiger partial charge in [0.1, 0.15) is 16.4 Å². The highest BCUT2D eigenvalue weighted by Crippen LogP contribution is 2.14. The molecule has 0 aliphatic carbocycles. The van der Waals surface area contributed by atoms with Crippen LogP contribution in [0.3, 0.4) is 0 Å². The minimum atomic E-state index is -3.66. The van der Waals surface area contributed by atoms with E-state index < -0.39 is 15.9 Å². The molecule has 1 aromatic carbocycles. The predicted octanol–water partition coefficient (Wildman–Crippen LogP) is 1.72. The molecule has 1 N–H and O–H groups in total. The molecule has 3 aromatic rings. The number of rotatable bonds is 5. The van der Waals surface area contributed by atoms with Gasteiger partial charge in [-0.1, -0.05) is 18.2 Å². The maximum Gasteiger partial charge on any atom is 0.296 e. The van der Waals surface area contributed by atoms with Crippen LogP contribution in [0.1, 0.15) is 16.1 Å². The van der Waals surface area contributed by atoms with Gasteiger partial charge in [-0.05, 0) is 19.2 Å². The number of aromatic nitrogens is 2. The third-order valence-electron chi connectivity index (χ3n) is 3.93. The number of sulfonamides is 1. The molecule has 1 amide bonds. The maximum atomic E-state index is 13.9. The highest BCUT2D eigenvalue weighted by molar-refractivity contribution is 7.89. The number of thiazole rings is 1. The number of benzene rings is 1. The zero-order valence-corrected chi connectivity index (χ0v) is 16.2. The van der Waals surface area contributed by atoms with Crippen LogP contribution in [0.2, 0.25) is 0 Å². The summed E-state index contributed by atoms with van der Waals surface area (Å²) in [6.45, 7) is 0.231. The third kappa shape index (κ3) is 4.07. The fourth-order valence-corrected chi connectivity index (χ4v) is 4.00. The van der Waals surface area contributed by atoms with Gasteiger partial charge in [0.15, 0.2) is 4.80 Å². The van der Waals surface area contributed by atoms with Gasteiger partial charge in [0.05, 0.1) is 6.54 Å². The molecule has 10 heteroatoms. The summed E-state index contributed by atoms with van der Waals surface area (Å²) in [4.78, 5) is 17.0. The van der Waals surface area contributed by atoms with Gasteiger partial charge in [-0.3, -0.25) is 4.79 Å². The third-order valence-corrected chi connectivity index (χ3v) is 6.11. The largest absolute Gasteiger partial charge is 0.345 e. The van der Waals surface area contributed by atoms with E-state index in [9.17, 15) is 17.6 Å². The van der Waals surface area contributed by atoms with Crippen LogP contribution in [-0.2, 0) is 23.6 Å². The van der Waals surface area contributed by atoms with E-state index in [1.807, 2.05) is 0 Å². The van der Waals surface area contributed by atoms with Crippen LogP contribution in [0.5, 0.6) is 0 Å². The van der Waals surface area contributed by atoms with E-state index in [1.54, 1.807) is 41.4 Å². The number of aryl methyl sites for hydroxylation is 1. The highest BCUT2D eigenvalue weighted by atomic mass is 32.2. The summed E-state index contributed by atoms with van der Waals surface area (Å²) in [5.41, 5.74) is 0.612. The summed E-state index contributed by atoms with van der Waals surface area (Å²) < 4.78 is 42.9. The van der Waals surface area contributed by atoms with Gasteiger partial charge in [-0.15, -0.1) is 11.3 Å². The Labute approximate surface area is 159 Å². The molecular formula is C17H17FN4O3S2. The minimum Gasteiger partial charge on any atom is -0.345 e. The second kappa shape index (κ2) is 7.59. The molecule has 0 spiro atoms. The van der Waals surface area contributed by atoms with E-state index in [4.69, 9.17) is 0 Å². The molecule has 0 aliphatic rings. The predicted molar refractivity (Wildman–Crippen MR) is 99.4 cm³/mol. The van der Waals surface area contributed by atoms with Crippen LogP contribution >= 0.6 is 11.3 Å². The smallest absolute Gasteiger partial charge is 0.296 e. The normalized spacial score (nSPS) is 12.5. The van der Waals surface area contributed by atoms with Crippen LogP contribution in [0.15, 0.2) is 58.0 Å². The van der Waals surface area contributed by atoms with Crippen LogP contribution in [0.4, 0.5) is 4.39 Å². The van der Waals surface area contributed by atoms with Crippen LogP contribution in [-0.4, -0.2) is 30.5 Å².